The third-order valence-electron chi connectivity index (χ3n) is 2.51. The lowest BCUT2D eigenvalue weighted by Crippen LogP contribution is -2.14. The van der Waals surface area contributed by atoms with Crippen LogP contribution < -0.4 is 5.32 Å². The van der Waals surface area contributed by atoms with Gasteiger partial charge in [-0.15, -0.1) is 0 Å². The predicted molar refractivity (Wildman–Crippen MR) is 53.1 cm³/mol. The average Bonchev–Trinajstić information content (AvgIpc) is 2.65. The van der Waals surface area contributed by atoms with Crippen molar-refractivity contribution in [3.8, 4) is 5.75 Å². The molecule has 1 atom stereocenters. The van der Waals surface area contributed by atoms with Crippen LogP contribution in [0, 0.1) is 5.82 Å². The first-order chi connectivity index (χ1) is 6.70. The van der Waals surface area contributed by atoms with Gasteiger partial charge in [0.05, 0.1) is 5.02 Å². The smallest absolute Gasteiger partial charge is 0.134 e. The molecule has 2 nitrogen and oxygen atoms in total. The van der Waals surface area contributed by atoms with E-state index >= 15 is 0 Å². The Morgan fingerprint density at radius 1 is 1.50 bits per heavy atom. The van der Waals surface area contributed by atoms with Crippen molar-refractivity contribution in [2.75, 3.05) is 6.54 Å². The van der Waals surface area contributed by atoms with Crippen LogP contribution in [0.25, 0.3) is 0 Å². The lowest BCUT2D eigenvalue weighted by molar-refractivity contribution is 0.468. The summed E-state index contributed by atoms with van der Waals surface area (Å²) < 4.78 is 13.4. The van der Waals surface area contributed by atoms with Crippen LogP contribution in [0.2, 0.25) is 5.02 Å². The maximum atomic E-state index is 13.4. The van der Waals surface area contributed by atoms with E-state index in [0.29, 0.717) is 5.56 Å². The molecule has 1 heterocycles. The molecule has 14 heavy (non-hydrogen) atoms. The van der Waals surface area contributed by atoms with E-state index in [9.17, 15) is 9.50 Å². The molecular formula is C10H11ClFNO. The molecule has 2 rings (SSSR count). The fourth-order valence-electron chi connectivity index (χ4n) is 1.81. The van der Waals surface area contributed by atoms with Crippen molar-refractivity contribution >= 4 is 11.6 Å². The van der Waals surface area contributed by atoms with Gasteiger partial charge in [-0.3, -0.25) is 0 Å². The Hall–Kier alpha value is -0.800. The molecule has 0 aliphatic carbocycles. The first-order valence-corrected chi connectivity index (χ1v) is 4.98. The van der Waals surface area contributed by atoms with Crippen LogP contribution in [-0.2, 0) is 0 Å². The van der Waals surface area contributed by atoms with Gasteiger partial charge in [-0.05, 0) is 31.5 Å². The van der Waals surface area contributed by atoms with E-state index in [1.54, 1.807) is 0 Å². The second-order valence-corrected chi connectivity index (χ2v) is 3.82. The lowest BCUT2D eigenvalue weighted by atomic mass is 10.0. The third-order valence-corrected chi connectivity index (χ3v) is 2.91. The van der Waals surface area contributed by atoms with Crippen LogP contribution in [0.5, 0.6) is 5.75 Å². The molecule has 0 bridgehead atoms. The zero-order valence-corrected chi connectivity index (χ0v) is 8.31. The van der Waals surface area contributed by atoms with Crippen molar-refractivity contribution < 1.29 is 9.50 Å². The zero-order valence-electron chi connectivity index (χ0n) is 7.56. The van der Waals surface area contributed by atoms with Crippen LogP contribution in [0.3, 0.4) is 0 Å². The van der Waals surface area contributed by atoms with Crippen LogP contribution >= 0.6 is 11.6 Å². The summed E-state index contributed by atoms with van der Waals surface area (Å²) in [7, 11) is 0. The molecule has 1 fully saturated rings. The maximum Gasteiger partial charge on any atom is 0.134 e. The number of halogens is 2. The second kappa shape index (κ2) is 3.75. The molecule has 1 aromatic rings. The summed E-state index contributed by atoms with van der Waals surface area (Å²) in [6.45, 7) is 0.871. The highest BCUT2D eigenvalue weighted by molar-refractivity contribution is 6.32. The summed E-state index contributed by atoms with van der Waals surface area (Å²) in [6.07, 6.45) is 1.87. The summed E-state index contributed by atoms with van der Waals surface area (Å²) in [5.74, 6) is -0.413. The number of phenols is 1. The summed E-state index contributed by atoms with van der Waals surface area (Å²) >= 11 is 5.85. The van der Waals surface area contributed by atoms with Crippen LogP contribution in [0.15, 0.2) is 12.1 Å². The fraction of sp³-hybridized carbons (Fsp3) is 0.400. The molecule has 1 unspecified atom stereocenters. The molecule has 4 heteroatoms. The SMILES string of the molecule is Oc1ccc(F)c(C2CCCN2)c1Cl. The van der Waals surface area contributed by atoms with Gasteiger partial charge in [0.25, 0.3) is 0 Å². The van der Waals surface area contributed by atoms with Crippen LogP contribution in [-0.4, -0.2) is 11.7 Å². The zero-order chi connectivity index (χ0) is 10.1. The molecule has 0 aromatic heterocycles. The number of rotatable bonds is 1. The van der Waals surface area contributed by atoms with Gasteiger partial charge < -0.3 is 10.4 Å². The molecule has 1 aliphatic heterocycles. The number of phenolic OH excluding ortho intramolecular Hbond substituents is 1. The molecule has 1 aliphatic rings. The largest absolute Gasteiger partial charge is 0.506 e. The van der Waals surface area contributed by atoms with Gasteiger partial charge in [0.15, 0.2) is 0 Å². The van der Waals surface area contributed by atoms with E-state index < -0.39 is 0 Å². The third kappa shape index (κ3) is 1.57. The monoisotopic (exact) mass is 215 g/mol. The molecular weight excluding hydrogens is 205 g/mol. The minimum atomic E-state index is -0.354. The Morgan fingerprint density at radius 3 is 2.93 bits per heavy atom. The van der Waals surface area contributed by atoms with Crippen LogP contribution in [0.4, 0.5) is 4.39 Å². The Kier molecular flexibility index (Phi) is 2.61. The number of aromatic hydroxyl groups is 1. The first kappa shape index (κ1) is 9.74. The van der Waals surface area contributed by atoms with Crippen molar-refractivity contribution in [2.24, 2.45) is 0 Å². The number of hydrogen-bond donors (Lipinski definition) is 2. The minimum absolute atomic E-state index is 0.0585. The maximum absolute atomic E-state index is 13.4. The van der Waals surface area contributed by atoms with Gasteiger partial charge in [0.1, 0.15) is 11.6 Å². The molecule has 0 radical (unpaired) electrons. The van der Waals surface area contributed by atoms with Gasteiger partial charge in [-0.25, -0.2) is 4.39 Å². The van der Waals surface area contributed by atoms with Gasteiger partial charge in [0, 0.05) is 11.6 Å². The highest BCUT2D eigenvalue weighted by Gasteiger charge is 2.23. The number of nitrogens with one attached hydrogen (secondary N) is 1. The first-order valence-electron chi connectivity index (χ1n) is 4.60. The number of benzene rings is 1. The van der Waals surface area contributed by atoms with Gasteiger partial charge in [-0.2, -0.15) is 0 Å². The average molecular weight is 216 g/mol. The standard InChI is InChI=1S/C10H11ClFNO/c11-10-8(14)4-3-6(12)9(10)7-2-1-5-13-7/h3-4,7,13-14H,1-2,5H2. The van der Waals surface area contributed by atoms with Crippen molar-refractivity contribution in [1.29, 1.82) is 0 Å². The lowest BCUT2D eigenvalue weighted by Gasteiger charge is -2.14. The van der Waals surface area contributed by atoms with Gasteiger partial charge >= 0.3 is 0 Å². The summed E-state index contributed by atoms with van der Waals surface area (Å²) in [6, 6.07) is 2.46. The molecule has 1 saturated heterocycles. The summed E-state index contributed by atoms with van der Waals surface area (Å²) in [4.78, 5) is 0. The molecule has 0 saturated carbocycles. The number of hydrogen-bond acceptors (Lipinski definition) is 2. The normalized spacial score (nSPS) is 21.4. The van der Waals surface area contributed by atoms with Crippen molar-refractivity contribution in [2.45, 2.75) is 18.9 Å². The van der Waals surface area contributed by atoms with E-state index in [2.05, 4.69) is 5.32 Å². The van der Waals surface area contributed by atoms with E-state index in [-0.39, 0.29) is 22.6 Å². The quantitative estimate of drug-likeness (QED) is 0.755. The predicted octanol–water partition coefficient (Wildman–Crippen LogP) is 2.61. The van der Waals surface area contributed by atoms with E-state index in [1.165, 1.54) is 12.1 Å². The van der Waals surface area contributed by atoms with Gasteiger partial charge in [-0.1, -0.05) is 11.6 Å². The van der Waals surface area contributed by atoms with Crippen molar-refractivity contribution in [3.63, 3.8) is 0 Å². The topological polar surface area (TPSA) is 32.3 Å². The highest BCUT2D eigenvalue weighted by atomic mass is 35.5. The van der Waals surface area contributed by atoms with Crippen LogP contribution in [0.1, 0.15) is 24.4 Å². The van der Waals surface area contributed by atoms with Crippen molar-refractivity contribution in [1.82, 2.24) is 5.32 Å². The van der Waals surface area contributed by atoms with Gasteiger partial charge in [0.2, 0.25) is 0 Å². The Bertz CT molecular complexity index is 350. The van der Waals surface area contributed by atoms with E-state index in [1.807, 2.05) is 0 Å². The van der Waals surface area contributed by atoms with E-state index in [4.69, 9.17) is 11.6 Å². The molecule has 1 aromatic carbocycles. The summed E-state index contributed by atoms with van der Waals surface area (Å²) in [5, 5.41) is 12.6. The Balaban J connectivity index is 2.44. The van der Waals surface area contributed by atoms with E-state index in [0.717, 1.165) is 19.4 Å². The molecule has 0 spiro atoms. The van der Waals surface area contributed by atoms with Crippen molar-refractivity contribution in [3.05, 3.63) is 28.5 Å². The highest BCUT2D eigenvalue weighted by Crippen LogP contribution is 2.36. The molecule has 0 amide bonds. The second-order valence-electron chi connectivity index (χ2n) is 3.44. The Labute approximate surface area is 86.7 Å². The fourth-order valence-corrected chi connectivity index (χ4v) is 2.09. The Morgan fingerprint density at radius 2 is 2.29 bits per heavy atom. The molecule has 76 valence electrons. The molecule has 2 N–H and O–H groups in total. The summed E-state index contributed by atoms with van der Waals surface area (Å²) in [5.41, 5.74) is 0.393. The minimum Gasteiger partial charge on any atom is -0.506 e.